The molecule has 30 atom stereocenters. The Kier molecular flexibility index (Phi) is 19.3. The Balaban J connectivity index is 1.02. The summed E-state index contributed by atoms with van der Waals surface area (Å²) >= 11 is 0. The van der Waals surface area contributed by atoms with Gasteiger partial charge in [-0.15, -0.1) is 0 Å². The largest absolute Gasteiger partial charge is 0.394 e. The number of hydrogen-bond acceptors (Lipinski definition) is 25. The number of fused-ring (bicyclic) bond motifs is 5. The lowest BCUT2D eigenvalue weighted by molar-refractivity contribution is -0.378. The van der Waals surface area contributed by atoms with E-state index in [0.29, 0.717) is 32.1 Å². The average molecular weight is 1140 g/mol. The molecule has 8 aliphatic rings. The van der Waals surface area contributed by atoms with Crippen LogP contribution in [0.5, 0.6) is 0 Å². The van der Waals surface area contributed by atoms with E-state index >= 15 is 0 Å². The molecular formula is C54H92O25. The lowest BCUT2D eigenvalue weighted by atomic mass is 9.35. The molecule has 0 bridgehead atoms. The van der Waals surface area contributed by atoms with Gasteiger partial charge in [-0.05, 0) is 117 Å². The van der Waals surface area contributed by atoms with Crippen LogP contribution in [0.1, 0.15) is 107 Å². The Morgan fingerprint density at radius 1 is 0.532 bits per heavy atom. The van der Waals surface area contributed by atoms with E-state index in [1.165, 1.54) is 0 Å². The van der Waals surface area contributed by atoms with Crippen LogP contribution in [0.15, 0.2) is 12.2 Å². The molecule has 0 spiro atoms. The van der Waals surface area contributed by atoms with Crippen molar-refractivity contribution >= 4 is 0 Å². The third kappa shape index (κ3) is 11.3. The van der Waals surface area contributed by atoms with Gasteiger partial charge in [0.15, 0.2) is 25.2 Å². The number of ether oxygens (including phenoxy) is 8. The molecule has 4 saturated heterocycles. The Morgan fingerprint density at radius 3 is 1.62 bits per heavy atom. The molecule has 0 aromatic carbocycles. The average Bonchev–Trinajstić information content (AvgIpc) is 3.99. The second-order valence-corrected chi connectivity index (χ2v) is 26.2. The van der Waals surface area contributed by atoms with Crippen LogP contribution in [-0.4, -0.2) is 255 Å². The van der Waals surface area contributed by atoms with Crippen molar-refractivity contribution in [3.8, 4) is 0 Å². The molecule has 79 heavy (non-hydrogen) atoms. The molecule has 0 aromatic rings. The molecular weight excluding hydrogens is 1050 g/mol. The van der Waals surface area contributed by atoms with E-state index in [2.05, 4.69) is 34.6 Å². The molecule has 25 nitrogen and oxygen atoms in total. The number of rotatable bonds is 17. The maximum Gasteiger partial charge on any atom is 0.187 e. The molecule has 16 N–H and O–H groups in total. The second kappa shape index (κ2) is 23.9. The molecule has 0 radical (unpaired) electrons. The highest BCUT2D eigenvalue weighted by atomic mass is 17.1. The van der Waals surface area contributed by atoms with E-state index in [4.69, 9.17) is 42.8 Å². The van der Waals surface area contributed by atoms with Crippen molar-refractivity contribution in [1.82, 2.24) is 0 Å². The zero-order chi connectivity index (χ0) is 58.3. The summed E-state index contributed by atoms with van der Waals surface area (Å²) in [5, 5.41) is 172. The molecule has 0 unspecified atom stereocenters. The van der Waals surface area contributed by atoms with Gasteiger partial charge in [0.2, 0.25) is 0 Å². The van der Waals surface area contributed by atoms with Crippen molar-refractivity contribution in [3.05, 3.63) is 12.2 Å². The van der Waals surface area contributed by atoms with Gasteiger partial charge in [0.25, 0.3) is 0 Å². The van der Waals surface area contributed by atoms with Crippen LogP contribution < -0.4 is 0 Å². The minimum atomic E-state index is -1.83. The molecule has 8 rings (SSSR count). The highest BCUT2D eigenvalue weighted by Crippen LogP contribution is 2.76. The standard InChI is InChI=1S/C54H92O25/c1-49(2,79-70)13-9-14-54(8,78-47-43(69)39(65)36(62)28(75-47)22-71-45-41(67)37(63)33(59)25(19-55)72-45)23-10-16-53(7)32(23)24(58)18-30-51(5)15-12-31(50(3,4)29(51)11-17-52(30,53)6)76-48-44(40(66)35(61)27(21-57)74-48)77-46-42(68)38(64)34(60)26(20-56)73-46/h9,13,23-48,55-70H,10-12,14-22H2,1-8H3/b13-9+/t23-,24+,25+,26+,27+,28+,29+,30+,31-,32-,33+,34+,35+,36+,37-,38-,39-,40-,41+,42+,43+,44+,45+,46-,47-,48-,51-,52+,53+,54-/m0/s1. The molecule has 0 aromatic heterocycles. The summed E-state index contributed by atoms with van der Waals surface area (Å²) in [7, 11) is 0. The summed E-state index contributed by atoms with van der Waals surface area (Å²) in [6.45, 7) is 13.5. The van der Waals surface area contributed by atoms with E-state index in [1.807, 2.05) is 6.92 Å². The predicted octanol–water partition coefficient (Wildman–Crippen LogP) is -2.73. The van der Waals surface area contributed by atoms with Crippen molar-refractivity contribution < 1.29 is 125 Å². The van der Waals surface area contributed by atoms with Crippen molar-refractivity contribution in [1.29, 1.82) is 0 Å². The Morgan fingerprint density at radius 2 is 1.04 bits per heavy atom. The first-order valence-corrected chi connectivity index (χ1v) is 28.1. The number of aliphatic hydroxyl groups excluding tert-OH is 15. The maximum atomic E-state index is 12.9. The van der Waals surface area contributed by atoms with Crippen LogP contribution in [0.4, 0.5) is 0 Å². The molecule has 25 heteroatoms. The molecule has 0 amide bonds. The molecule has 4 aliphatic heterocycles. The Hall–Kier alpha value is -1.26. The molecule has 4 heterocycles. The SMILES string of the molecule is CC(C)(/C=C/C[C@](C)(O[C@@H]1O[C@H](CO[C@@H]2O[C@H](CO)[C@@H](O)[C@H](O)[C@H]2O)[C@@H](O)[C@H](O)[C@H]1O)[C@H]1CC[C@]2(C)[C@@H]1[C@H](O)C[C@@H]1[C@@]3(C)CC[C@H](O[C@@H]4O[C@H](CO)[C@@H](O)[C@H](O)[C@H]4O[C@@H]4O[C@H](CO)[C@@H](O)[C@H](O)[C@H]4O)C(C)(C)[C@H]3CC[C@]12C)OO. The fraction of sp³-hybridized carbons (Fsp3) is 0.963. The molecule has 4 aliphatic carbocycles. The predicted molar refractivity (Wildman–Crippen MR) is 269 cm³/mol. The van der Waals surface area contributed by atoms with Gasteiger partial charge in [0.05, 0.1) is 44.2 Å². The summed E-state index contributed by atoms with van der Waals surface area (Å²) in [5.41, 5.74) is -4.22. The van der Waals surface area contributed by atoms with Gasteiger partial charge in [-0.2, -0.15) is 0 Å². The Bertz CT molecular complexity index is 2050. The second-order valence-electron chi connectivity index (χ2n) is 26.2. The quantitative estimate of drug-likeness (QED) is 0.0304. The van der Waals surface area contributed by atoms with Gasteiger partial charge in [-0.3, -0.25) is 5.26 Å². The maximum absolute atomic E-state index is 12.9. The lowest BCUT2D eigenvalue weighted by Gasteiger charge is -2.71. The normalized spacial score (nSPS) is 52.1. The van der Waals surface area contributed by atoms with E-state index in [9.17, 15) is 81.9 Å². The summed E-state index contributed by atoms with van der Waals surface area (Å²) in [6.07, 6.45) is -25.9. The van der Waals surface area contributed by atoms with Crippen LogP contribution in [0.2, 0.25) is 0 Å². The summed E-state index contributed by atoms with van der Waals surface area (Å²) in [4.78, 5) is 4.70. The summed E-state index contributed by atoms with van der Waals surface area (Å²) in [6, 6.07) is 0. The smallest absolute Gasteiger partial charge is 0.187 e. The summed E-state index contributed by atoms with van der Waals surface area (Å²) in [5.74, 6) is -0.807. The Labute approximate surface area is 460 Å². The minimum absolute atomic E-state index is 0.000818. The van der Waals surface area contributed by atoms with Gasteiger partial charge < -0.3 is 114 Å². The lowest BCUT2D eigenvalue weighted by Crippen LogP contribution is -2.68. The van der Waals surface area contributed by atoms with Gasteiger partial charge in [0, 0.05) is 0 Å². The fourth-order valence-electron chi connectivity index (χ4n) is 16.2. The van der Waals surface area contributed by atoms with Crippen LogP contribution in [0.25, 0.3) is 0 Å². The van der Waals surface area contributed by atoms with Crippen molar-refractivity contribution in [3.63, 3.8) is 0 Å². The van der Waals surface area contributed by atoms with E-state index in [0.717, 1.165) is 12.8 Å². The van der Waals surface area contributed by atoms with E-state index < -0.39 is 189 Å². The minimum Gasteiger partial charge on any atom is -0.394 e. The van der Waals surface area contributed by atoms with Crippen molar-refractivity contribution in [2.75, 3.05) is 26.4 Å². The first kappa shape index (κ1) is 63.8. The molecule has 458 valence electrons. The van der Waals surface area contributed by atoms with Gasteiger partial charge in [0.1, 0.15) is 103 Å². The highest BCUT2D eigenvalue weighted by Gasteiger charge is 2.72. The topological polar surface area (TPSA) is 407 Å². The zero-order valence-corrected chi connectivity index (χ0v) is 46.5. The summed E-state index contributed by atoms with van der Waals surface area (Å²) < 4.78 is 48.8. The van der Waals surface area contributed by atoms with E-state index in [-0.39, 0.29) is 35.0 Å². The van der Waals surface area contributed by atoms with E-state index in [1.54, 1.807) is 26.0 Å². The van der Waals surface area contributed by atoms with Crippen molar-refractivity contribution in [2.24, 2.45) is 45.3 Å². The fourth-order valence-corrected chi connectivity index (χ4v) is 16.2. The third-order valence-electron chi connectivity index (χ3n) is 21.0. The van der Waals surface area contributed by atoms with Crippen LogP contribution in [-0.2, 0) is 42.8 Å². The molecule has 4 saturated carbocycles. The molecule has 8 fully saturated rings. The van der Waals surface area contributed by atoms with Crippen LogP contribution in [0.3, 0.4) is 0 Å². The first-order chi connectivity index (χ1) is 36.9. The highest BCUT2D eigenvalue weighted by molar-refractivity contribution is 5.21. The van der Waals surface area contributed by atoms with Crippen LogP contribution in [0, 0.1) is 45.3 Å². The van der Waals surface area contributed by atoms with Gasteiger partial charge in [-0.25, -0.2) is 4.89 Å². The van der Waals surface area contributed by atoms with Gasteiger partial charge >= 0.3 is 0 Å². The van der Waals surface area contributed by atoms with Crippen LogP contribution >= 0.6 is 0 Å². The number of hydrogen-bond donors (Lipinski definition) is 16. The zero-order valence-electron chi connectivity index (χ0n) is 46.5. The number of aliphatic hydroxyl groups is 15. The monoisotopic (exact) mass is 1140 g/mol. The first-order valence-electron chi connectivity index (χ1n) is 28.1. The van der Waals surface area contributed by atoms with Crippen molar-refractivity contribution in [2.45, 2.75) is 253 Å². The third-order valence-corrected chi connectivity index (χ3v) is 21.0. The van der Waals surface area contributed by atoms with Gasteiger partial charge in [-0.1, -0.05) is 46.8 Å².